The van der Waals surface area contributed by atoms with E-state index in [4.69, 9.17) is 0 Å². The first kappa shape index (κ1) is 14.6. The summed E-state index contributed by atoms with van der Waals surface area (Å²) in [7, 11) is 2.14. The Labute approximate surface area is 142 Å². The van der Waals surface area contributed by atoms with Crippen LogP contribution in [-0.2, 0) is 7.05 Å². The number of hydrogen-bond acceptors (Lipinski definition) is 1. The van der Waals surface area contributed by atoms with Gasteiger partial charge in [-0.15, -0.1) is 0 Å². The van der Waals surface area contributed by atoms with E-state index in [1.54, 1.807) is 0 Å². The topological polar surface area (TPSA) is 16.8 Å². The van der Waals surface area contributed by atoms with Crippen molar-refractivity contribution in [3.63, 3.8) is 0 Å². The second kappa shape index (κ2) is 5.89. The predicted molar refractivity (Wildman–Crippen MR) is 98.5 cm³/mol. The van der Waals surface area contributed by atoms with E-state index in [0.717, 1.165) is 0 Å². The molecule has 0 N–H and O–H groups in total. The number of aromatic nitrogens is 2. The van der Waals surface area contributed by atoms with Gasteiger partial charge >= 0.3 is 0 Å². The molecule has 0 spiro atoms. The van der Waals surface area contributed by atoms with Crippen molar-refractivity contribution in [1.82, 2.24) is 4.98 Å². The summed E-state index contributed by atoms with van der Waals surface area (Å²) in [5, 5.41) is 1.24. The lowest BCUT2D eigenvalue weighted by Crippen LogP contribution is -2.32. The van der Waals surface area contributed by atoms with Gasteiger partial charge in [-0.3, -0.25) is 4.98 Å². The van der Waals surface area contributed by atoms with Gasteiger partial charge in [-0.1, -0.05) is 18.2 Å². The summed E-state index contributed by atoms with van der Waals surface area (Å²) in [6.45, 7) is 2.16. The molecule has 0 amide bonds. The van der Waals surface area contributed by atoms with Crippen molar-refractivity contribution in [1.29, 1.82) is 0 Å². The van der Waals surface area contributed by atoms with Crippen LogP contribution in [0.3, 0.4) is 0 Å². The maximum absolute atomic E-state index is 4.10. The highest BCUT2D eigenvalue weighted by molar-refractivity contribution is 5.83. The van der Waals surface area contributed by atoms with E-state index in [9.17, 15) is 0 Å². The van der Waals surface area contributed by atoms with Crippen LogP contribution in [0.2, 0.25) is 0 Å². The molecule has 0 radical (unpaired) electrons. The second-order valence-electron chi connectivity index (χ2n) is 6.10. The first-order chi connectivity index (χ1) is 11.7. The number of benzene rings is 2. The highest BCUT2D eigenvalue weighted by Gasteiger charge is 2.15. The summed E-state index contributed by atoms with van der Waals surface area (Å²) in [5.74, 6) is 0. The molecule has 0 bridgehead atoms. The third-order valence-electron chi connectivity index (χ3n) is 4.61. The van der Waals surface area contributed by atoms with E-state index < -0.39 is 0 Å². The number of hydrogen-bond donors (Lipinski definition) is 0. The first-order valence-electron chi connectivity index (χ1n) is 8.13. The highest BCUT2D eigenvalue weighted by Crippen LogP contribution is 2.26. The summed E-state index contributed by atoms with van der Waals surface area (Å²) in [6.07, 6.45) is 3.67. The summed E-state index contributed by atoms with van der Waals surface area (Å²) >= 11 is 0. The third kappa shape index (κ3) is 2.46. The van der Waals surface area contributed by atoms with Gasteiger partial charge in [-0.05, 0) is 60.0 Å². The Bertz CT molecular complexity index is 1020. The summed E-state index contributed by atoms with van der Waals surface area (Å²) in [6, 6.07) is 23.7. The molecule has 0 aliphatic rings. The summed E-state index contributed by atoms with van der Waals surface area (Å²) in [4.78, 5) is 4.10. The van der Waals surface area contributed by atoms with E-state index >= 15 is 0 Å². The van der Waals surface area contributed by atoms with Gasteiger partial charge in [0.15, 0.2) is 0 Å². The molecule has 2 heterocycles. The normalized spacial score (nSPS) is 10.9. The van der Waals surface area contributed by atoms with E-state index in [0.29, 0.717) is 0 Å². The Balaban J connectivity index is 1.88. The van der Waals surface area contributed by atoms with Gasteiger partial charge in [0, 0.05) is 35.5 Å². The Morgan fingerprint density at radius 3 is 2.38 bits per heavy atom. The predicted octanol–water partition coefficient (Wildman–Crippen LogP) is 4.70. The lowest BCUT2D eigenvalue weighted by molar-refractivity contribution is -0.633. The molecule has 24 heavy (non-hydrogen) atoms. The van der Waals surface area contributed by atoms with Crippen LogP contribution in [0.15, 0.2) is 79.1 Å². The number of pyridine rings is 2. The lowest BCUT2D eigenvalue weighted by atomic mass is 10.0. The number of aryl methyl sites for hydroxylation is 2. The van der Waals surface area contributed by atoms with Crippen molar-refractivity contribution in [3.05, 3.63) is 84.7 Å². The smallest absolute Gasteiger partial charge is 0.213 e. The van der Waals surface area contributed by atoms with Gasteiger partial charge in [-0.2, -0.15) is 4.57 Å². The van der Waals surface area contributed by atoms with Crippen LogP contribution in [0.1, 0.15) is 5.56 Å². The van der Waals surface area contributed by atoms with Gasteiger partial charge in [0.1, 0.15) is 7.05 Å². The molecule has 4 aromatic rings. The van der Waals surface area contributed by atoms with Crippen LogP contribution in [0.4, 0.5) is 0 Å². The highest BCUT2D eigenvalue weighted by atomic mass is 14.9. The molecule has 0 fully saturated rings. The lowest BCUT2D eigenvalue weighted by Gasteiger charge is -2.07. The monoisotopic (exact) mass is 311 g/mol. The Kier molecular flexibility index (Phi) is 3.58. The van der Waals surface area contributed by atoms with Crippen molar-refractivity contribution in [3.8, 4) is 22.4 Å². The minimum Gasteiger partial charge on any atom is -0.265 e. The van der Waals surface area contributed by atoms with Crippen molar-refractivity contribution < 1.29 is 4.57 Å². The van der Waals surface area contributed by atoms with Crippen molar-refractivity contribution in [2.45, 2.75) is 6.92 Å². The van der Waals surface area contributed by atoms with Gasteiger partial charge in [0.2, 0.25) is 11.2 Å². The Hall–Kier alpha value is -3.00. The molecule has 4 rings (SSSR count). The molecule has 0 atom stereocenters. The standard InChI is InChI=1S/C22H19N2/c1-16-5-3-4-6-20(16)22-10-8-19-15-18(7-9-21(19)24(22)2)17-11-13-23-14-12-17/h3-15H,1-2H3/q+1. The quantitative estimate of drug-likeness (QED) is 0.490. The SMILES string of the molecule is Cc1ccccc1-c1ccc2cc(-c3ccncc3)ccc2[n+]1C. The molecular weight excluding hydrogens is 292 g/mol. The van der Waals surface area contributed by atoms with Crippen LogP contribution in [-0.4, -0.2) is 4.98 Å². The summed E-state index contributed by atoms with van der Waals surface area (Å²) in [5.41, 5.74) is 7.44. The maximum Gasteiger partial charge on any atom is 0.213 e. The molecular formula is C22H19N2+. The second-order valence-corrected chi connectivity index (χ2v) is 6.10. The molecule has 2 aromatic carbocycles. The molecule has 0 saturated carbocycles. The molecule has 0 aliphatic carbocycles. The fraction of sp³-hybridized carbons (Fsp3) is 0.0909. The van der Waals surface area contributed by atoms with E-state index in [-0.39, 0.29) is 0 Å². The molecule has 2 aromatic heterocycles. The van der Waals surface area contributed by atoms with Crippen LogP contribution in [0, 0.1) is 6.92 Å². The van der Waals surface area contributed by atoms with Crippen LogP contribution in [0.5, 0.6) is 0 Å². The van der Waals surface area contributed by atoms with Gasteiger partial charge in [-0.25, -0.2) is 0 Å². The van der Waals surface area contributed by atoms with Gasteiger partial charge in [0.05, 0.1) is 0 Å². The van der Waals surface area contributed by atoms with Gasteiger partial charge in [0.25, 0.3) is 0 Å². The van der Waals surface area contributed by atoms with Crippen molar-refractivity contribution in [2.75, 3.05) is 0 Å². The van der Waals surface area contributed by atoms with E-state index in [1.165, 1.54) is 38.9 Å². The van der Waals surface area contributed by atoms with Crippen molar-refractivity contribution >= 4 is 10.9 Å². The largest absolute Gasteiger partial charge is 0.265 e. The van der Waals surface area contributed by atoms with Crippen LogP contribution < -0.4 is 4.57 Å². The fourth-order valence-corrected chi connectivity index (χ4v) is 3.26. The minimum absolute atomic E-state index is 1.19. The zero-order valence-corrected chi connectivity index (χ0v) is 13.9. The first-order valence-corrected chi connectivity index (χ1v) is 8.13. The molecule has 2 nitrogen and oxygen atoms in total. The fourth-order valence-electron chi connectivity index (χ4n) is 3.26. The number of nitrogens with zero attached hydrogens (tertiary/aromatic N) is 2. The molecule has 0 unspecified atom stereocenters. The van der Waals surface area contributed by atoms with E-state index in [2.05, 4.69) is 78.1 Å². The molecule has 116 valence electrons. The third-order valence-corrected chi connectivity index (χ3v) is 4.61. The molecule has 0 saturated heterocycles. The Morgan fingerprint density at radius 1 is 0.792 bits per heavy atom. The Morgan fingerprint density at radius 2 is 1.58 bits per heavy atom. The summed E-state index contributed by atoms with van der Waals surface area (Å²) < 4.78 is 2.27. The average molecular weight is 311 g/mol. The number of fused-ring (bicyclic) bond motifs is 1. The zero-order chi connectivity index (χ0) is 16.5. The minimum atomic E-state index is 1.19. The van der Waals surface area contributed by atoms with Crippen LogP contribution in [0.25, 0.3) is 33.3 Å². The van der Waals surface area contributed by atoms with Gasteiger partial charge < -0.3 is 0 Å². The molecule has 2 heteroatoms. The maximum atomic E-state index is 4.10. The van der Waals surface area contributed by atoms with Crippen LogP contribution >= 0.6 is 0 Å². The zero-order valence-electron chi connectivity index (χ0n) is 13.9. The average Bonchev–Trinajstić information content (AvgIpc) is 2.63. The van der Waals surface area contributed by atoms with E-state index in [1.807, 2.05) is 24.5 Å². The number of rotatable bonds is 2. The van der Waals surface area contributed by atoms with Crippen molar-refractivity contribution in [2.24, 2.45) is 7.05 Å². The molecule has 0 aliphatic heterocycles.